The number of thiophene rings is 1. The third-order valence-corrected chi connectivity index (χ3v) is 7.12. The number of rotatable bonds is 7. The molecule has 2 aromatic carbocycles. The number of hydrogen-bond donors (Lipinski definition) is 1. The number of carbonyl (C=O) groups excluding carboxylic acids is 2. The van der Waals surface area contributed by atoms with Gasteiger partial charge in [0.05, 0.1) is 6.42 Å². The molecule has 1 aromatic heterocycles. The van der Waals surface area contributed by atoms with E-state index in [0.29, 0.717) is 0 Å². The number of aryl methyl sites for hydroxylation is 2. The van der Waals surface area contributed by atoms with Crippen LogP contribution in [0.2, 0.25) is 0 Å². The second-order valence-electron chi connectivity index (χ2n) is 8.56. The zero-order valence-electron chi connectivity index (χ0n) is 18.7. The summed E-state index contributed by atoms with van der Waals surface area (Å²) in [6.07, 6.45) is 4.54. The molecule has 1 N–H and O–H groups in total. The van der Waals surface area contributed by atoms with Gasteiger partial charge in [0.25, 0.3) is 0 Å². The number of nitrogens with one attached hydrogen (secondary N) is 1. The highest BCUT2D eigenvalue weighted by Crippen LogP contribution is 2.33. The van der Waals surface area contributed by atoms with Gasteiger partial charge < -0.3 is 5.32 Å². The van der Waals surface area contributed by atoms with Gasteiger partial charge in [-0.1, -0.05) is 61.4 Å². The number of amides is 2. The van der Waals surface area contributed by atoms with E-state index < -0.39 is 6.04 Å². The second kappa shape index (κ2) is 10.1. The molecule has 4 nitrogen and oxygen atoms in total. The number of nitrogens with zero attached hydrogens (tertiary/aromatic N) is 1. The summed E-state index contributed by atoms with van der Waals surface area (Å²) < 4.78 is 0. The van der Waals surface area contributed by atoms with E-state index in [2.05, 4.69) is 5.32 Å². The lowest BCUT2D eigenvalue weighted by atomic mass is 9.96. The van der Waals surface area contributed by atoms with Crippen LogP contribution >= 0.6 is 11.3 Å². The molecule has 0 unspecified atom stereocenters. The van der Waals surface area contributed by atoms with Crippen molar-refractivity contribution in [3.8, 4) is 0 Å². The summed E-state index contributed by atoms with van der Waals surface area (Å²) in [6, 6.07) is 19.1. The molecule has 1 aliphatic rings. The highest BCUT2D eigenvalue weighted by atomic mass is 32.1. The molecule has 0 radical (unpaired) electrons. The summed E-state index contributed by atoms with van der Waals surface area (Å²) in [6.45, 7) is 4.00. The molecule has 0 saturated heterocycles. The van der Waals surface area contributed by atoms with Crippen LogP contribution < -0.4 is 10.2 Å². The SMILES string of the molecule is Cc1ccccc1[C@H](C(=O)NC1CCCC1)N(C(=O)Cc1cccs1)c1ccccc1C. The smallest absolute Gasteiger partial charge is 0.248 e. The van der Waals surface area contributed by atoms with Crippen LogP contribution in [0.25, 0.3) is 0 Å². The fourth-order valence-electron chi connectivity index (χ4n) is 4.54. The molecule has 166 valence electrons. The van der Waals surface area contributed by atoms with Crippen molar-refractivity contribution in [1.82, 2.24) is 5.32 Å². The normalized spacial score (nSPS) is 14.8. The van der Waals surface area contributed by atoms with E-state index in [0.717, 1.165) is 52.9 Å². The van der Waals surface area contributed by atoms with Gasteiger partial charge in [-0.25, -0.2) is 0 Å². The van der Waals surface area contributed by atoms with Crippen LogP contribution in [-0.2, 0) is 16.0 Å². The maximum atomic E-state index is 13.8. The van der Waals surface area contributed by atoms with E-state index in [1.54, 1.807) is 16.2 Å². The zero-order valence-corrected chi connectivity index (χ0v) is 19.5. The summed E-state index contributed by atoms with van der Waals surface area (Å²) in [5.41, 5.74) is 3.62. The monoisotopic (exact) mass is 446 g/mol. The Morgan fingerprint density at radius 2 is 1.66 bits per heavy atom. The average Bonchev–Trinajstić information content (AvgIpc) is 3.48. The van der Waals surface area contributed by atoms with Crippen molar-refractivity contribution >= 4 is 28.8 Å². The molecule has 1 saturated carbocycles. The average molecular weight is 447 g/mol. The zero-order chi connectivity index (χ0) is 22.5. The van der Waals surface area contributed by atoms with Crippen molar-refractivity contribution < 1.29 is 9.59 Å². The van der Waals surface area contributed by atoms with Gasteiger partial charge in [-0.2, -0.15) is 0 Å². The Morgan fingerprint density at radius 3 is 2.31 bits per heavy atom. The third kappa shape index (κ3) is 4.94. The van der Waals surface area contributed by atoms with Gasteiger partial charge >= 0.3 is 0 Å². The van der Waals surface area contributed by atoms with Crippen LogP contribution in [0.4, 0.5) is 5.69 Å². The highest BCUT2D eigenvalue weighted by molar-refractivity contribution is 7.10. The molecule has 4 rings (SSSR count). The van der Waals surface area contributed by atoms with E-state index in [-0.39, 0.29) is 24.3 Å². The largest absolute Gasteiger partial charge is 0.351 e. The number of para-hydroxylation sites is 1. The second-order valence-corrected chi connectivity index (χ2v) is 9.59. The van der Waals surface area contributed by atoms with Crippen molar-refractivity contribution in [3.63, 3.8) is 0 Å². The van der Waals surface area contributed by atoms with E-state index >= 15 is 0 Å². The molecule has 1 aliphatic carbocycles. The Kier molecular flexibility index (Phi) is 7.05. The number of benzene rings is 2. The Balaban J connectivity index is 1.79. The Bertz CT molecular complexity index is 1070. The van der Waals surface area contributed by atoms with Crippen LogP contribution in [0.3, 0.4) is 0 Å². The van der Waals surface area contributed by atoms with E-state index in [9.17, 15) is 9.59 Å². The Hall–Kier alpha value is -2.92. The van der Waals surface area contributed by atoms with E-state index in [4.69, 9.17) is 0 Å². The Labute approximate surface area is 194 Å². The molecule has 32 heavy (non-hydrogen) atoms. The summed E-state index contributed by atoms with van der Waals surface area (Å²) >= 11 is 1.57. The summed E-state index contributed by atoms with van der Waals surface area (Å²) in [5.74, 6) is -0.175. The van der Waals surface area contributed by atoms with Gasteiger partial charge in [0.2, 0.25) is 11.8 Å². The molecular formula is C27H30N2O2S. The van der Waals surface area contributed by atoms with Gasteiger partial charge in [0.15, 0.2) is 0 Å². The van der Waals surface area contributed by atoms with E-state index in [1.165, 1.54) is 0 Å². The molecule has 1 heterocycles. The summed E-state index contributed by atoms with van der Waals surface area (Å²) in [7, 11) is 0. The maximum absolute atomic E-state index is 13.8. The molecule has 0 aliphatic heterocycles. The summed E-state index contributed by atoms with van der Waals surface area (Å²) in [5, 5.41) is 5.24. The molecule has 1 fully saturated rings. The third-order valence-electron chi connectivity index (χ3n) is 6.24. The molecule has 0 spiro atoms. The van der Waals surface area contributed by atoms with E-state index in [1.807, 2.05) is 79.9 Å². The van der Waals surface area contributed by atoms with Gasteiger partial charge in [-0.05, 0) is 60.9 Å². The maximum Gasteiger partial charge on any atom is 0.248 e. The lowest BCUT2D eigenvalue weighted by Gasteiger charge is -2.34. The first kappa shape index (κ1) is 22.3. The predicted molar refractivity (Wildman–Crippen MR) is 131 cm³/mol. The van der Waals surface area contributed by atoms with Crippen molar-refractivity contribution in [2.24, 2.45) is 0 Å². The van der Waals surface area contributed by atoms with Gasteiger partial charge in [0, 0.05) is 16.6 Å². The topological polar surface area (TPSA) is 49.4 Å². The summed E-state index contributed by atoms with van der Waals surface area (Å²) in [4.78, 5) is 30.3. The number of carbonyl (C=O) groups is 2. The van der Waals surface area contributed by atoms with Crippen molar-refractivity contribution in [3.05, 3.63) is 87.6 Å². The van der Waals surface area contributed by atoms with Crippen LogP contribution in [0.1, 0.15) is 53.3 Å². The first-order valence-electron chi connectivity index (χ1n) is 11.3. The Morgan fingerprint density at radius 1 is 0.969 bits per heavy atom. The lowest BCUT2D eigenvalue weighted by molar-refractivity contribution is -0.127. The van der Waals surface area contributed by atoms with Crippen LogP contribution in [0.15, 0.2) is 66.0 Å². The molecule has 2 amide bonds. The van der Waals surface area contributed by atoms with Crippen molar-refractivity contribution in [2.45, 2.75) is 58.0 Å². The quantitative estimate of drug-likeness (QED) is 0.503. The standard InChI is InChI=1S/C27H30N2O2S/c1-19-10-3-7-15-23(19)26(27(31)28-21-12-5-6-13-21)29(24-16-8-4-11-20(24)2)25(30)18-22-14-9-17-32-22/h3-4,7-11,14-17,21,26H,5-6,12-13,18H2,1-2H3,(H,28,31)/t26-/m1/s1. The van der Waals surface area contributed by atoms with Gasteiger partial charge in [0.1, 0.15) is 6.04 Å². The van der Waals surface area contributed by atoms with Gasteiger partial charge in [-0.15, -0.1) is 11.3 Å². The lowest BCUT2D eigenvalue weighted by Crippen LogP contribution is -2.47. The van der Waals surface area contributed by atoms with Crippen LogP contribution in [-0.4, -0.2) is 17.9 Å². The van der Waals surface area contributed by atoms with Crippen LogP contribution in [0.5, 0.6) is 0 Å². The minimum atomic E-state index is -0.717. The first-order valence-corrected chi connectivity index (χ1v) is 12.2. The van der Waals surface area contributed by atoms with Crippen LogP contribution in [0, 0.1) is 13.8 Å². The fourth-order valence-corrected chi connectivity index (χ4v) is 5.24. The molecular weight excluding hydrogens is 416 g/mol. The predicted octanol–water partition coefficient (Wildman–Crippen LogP) is 5.74. The molecule has 3 aromatic rings. The van der Waals surface area contributed by atoms with Crippen molar-refractivity contribution in [2.75, 3.05) is 4.90 Å². The fraction of sp³-hybridized carbons (Fsp3) is 0.333. The molecule has 1 atom stereocenters. The number of hydrogen-bond acceptors (Lipinski definition) is 3. The minimum Gasteiger partial charge on any atom is -0.351 e. The minimum absolute atomic E-state index is 0.0726. The van der Waals surface area contributed by atoms with Gasteiger partial charge in [-0.3, -0.25) is 14.5 Å². The number of anilines is 1. The van der Waals surface area contributed by atoms with Crippen molar-refractivity contribution in [1.29, 1.82) is 0 Å². The first-order chi connectivity index (χ1) is 15.5. The molecule has 5 heteroatoms. The molecule has 0 bridgehead atoms. The highest BCUT2D eigenvalue weighted by Gasteiger charge is 2.35.